The Morgan fingerprint density at radius 3 is 1.53 bits per heavy atom. The first-order valence-electron chi connectivity index (χ1n) is 15.3. The molecule has 0 atom stereocenters. The summed E-state index contributed by atoms with van der Waals surface area (Å²) in [5, 5.41) is 15.8. The molecule has 0 bridgehead atoms. The van der Waals surface area contributed by atoms with Crippen LogP contribution in [0.3, 0.4) is 0 Å². The van der Waals surface area contributed by atoms with Crippen molar-refractivity contribution in [2.45, 2.75) is 0 Å². The molecule has 0 unspecified atom stereocenters. The Morgan fingerprint density at radius 2 is 0.800 bits per heavy atom. The number of rotatable bonds is 1. The average Bonchev–Trinajstić information content (AvgIpc) is 3.75. The number of hydrogen-bond donors (Lipinski definition) is 0. The molecule has 0 saturated carbocycles. The summed E-state index contributed by atoms with van der Waals surface area (Å²) in [6.07, 6.45) is 0. The first-order valence-corrected chi connectivity index (χ1v) is 17.0. The maximum atomic E-state index is 2.48. The van der Waals surface area contributed by atoms with Gasteiger partial charge in [0.1, 0.15) is 0 Å². The van der Waals surface area contributed by atoms with Crippen LogP contribution in [0.5, 0.6) is 0 Å². The van der Waals surface area contributed by atoms with Gasteiger partial charge in [-0.1, -0.05) is 78.9 Å². The van der Waals surface area contributed by atoms with Gasteiger partial charge in [0.15, 0.2) is 0 Å². The van der Waals surface area contributed by atoms with Crippen molar-refractivity contribution in [1.29, 1.82) is 0 Å². The van der Waals surface area contributed by atoms with Gasteiger partial charge in [0.2, 0.25) is 0 Å². The lowest BCUT2D eigenvalue weighted by molar-refractivity contribution is 1.19. The third kappa shape index (κ3) is 3.21. The van der Waals surface area contributed by atoms with Gasteiger partial charge in [-0.25, -0.2) is 0 Å². The van der Waals surface area contributed by atoms with Crippen molar-refractivity contribution >= 4 is 117 Å². The molecule has 3 aromatic heterocycles. The van der Waals surface area contributed by atoms with E-state index in [1.54, 1.807) is 0 Å². The van der Waals surface area contributed by atoms with Crippen LogP contribution >= 0.6 is 22.7 Å². The van der Waals surface area contributed by atoms with Crippen LogP contribution in [0.2, 0.25) is 0 Å². The number of fused-ring (bicyclic) bond motifs is 15. The second kappa shape index (κ2) is 8.70. The molecule has 8 aromatic carbocycles. The van der Waals surface area contributed by atoms with Gasteiger partial charge >= 0.3 is 0 Å². The molecule has 0 aliphatic carbocycles. The Labute approximate surface area is 265 Å². The van der Waals surface area contributed by atoms with E-state index in [1.807, 2.05) is 22.7 Å². The Hall–Kier alpha value is -5.22. The third-order valence-electron chi connectivity index (χ3n) is 9.74. The molecular weight excluding hydrogens is 583 g/mol. The van der Waals surface area contributed by atoms with E-state index in [9.17, 15) is 0 Å². The molecule has 3 heterocycles. The van der Waals surface area contributed by atoms with Crippen molar-refractivity contribution < 1.29 is 0 Å². The fraction of sp³-hybridized carbons (Fsp3) is 0. The monoisotopic (exact) mass is 605 g/mol. The molecule has 0 spiro atoms. The molecule has 0 fully saturated rings. The maximum absolute atomic E-state index is 2.48. The minimum atomic E-state index is 1.20. The number of hydrogen-bond acceptors (Lipinski definition) is 2. The van der Waals surface area contributed by atoms with Crippen molar-refractivity contribution in [1.82, 2.24) is 4.57 Å². The van der Waals surface area contributed by atoms with Gasteiger partial charge in [0.05, 0.1) is 11.0 Å². The fourth-order valence-electron chi connectivity index (χ4n) is 7.76. The van der Waals surface area contributed by atoms with E-state index >= 15 is 0 Å². The van der Waals surface area contributed by atoms with Gasteiger partial charge in [-0.15, -0.1) is 22.7 Å². The summed E-state index contributed by atoms with van der Waals surface area (Å²) in [5.41, 5.74) is 3.69. The first-order chi connectivity index (χ1) is 22.3. The van der Waals surface area contributed by atoms with Crippen LogP contribution in [-0.4, -0.2) is 4.57 Å². The van der Waals surface area contributed by atoms with E-state index in [2.05, 4.69) is 144 Å². The van der Waals surface area contributed by atoms with Crippen molar-refractivity contribution in [3.8, 4) is 5.69 Å². The number of para-hydroxylation sites is 1. The minimum Gasteiger partial charge on any atom is -0.309 e. The number of benzene rings is 8. The predicted molar refractivity (Wildman–Crippen MR) is 199 cm³/mol. The second-order valence-corrected chi connectivity index (χ2v) is 14.3. The van der Waals surface area contributed by atoms with Gasteiger partial charge < -0.3 is 4.57 Å². The Bertz CT molecular complexity index is 3040. The first kappa shape index (κ1) is 24.1. The Morgan fingerprint density at radius 1 is 0.289 bits per heavy atom. The molecule has 208 valence electrons. The summed E-state index contributed by atoms with van der Waals surface area (Å²) >= 11 is 3.77. The highest BCUT2D eigenvalue weighted by Gasteiger charge is 2.18. The van der Waals surface area contributed by atoms with E-state index in [0.717, 1.165) is 0 Å². The van der Waals surface area contributed by atoms with E-state index in [1.165, 1.54) is 100 Å². The van der Waals surface area contributed by atoms with Crippen molar-refractivity contribution in [2.75, 3.05) is 0 Å². The van der Waals surface area contributed by atoms with Crippen LogP contribution in [0, 0.1) is 0 Å². The summed E-state index contributed by atoms with van der Waals surface area (Å²) in [6, 6.07) is 52.2. The highest BCUT2D eigenvalue weighted by atomic mass is 32.1. The molecule has 11 aromatic rings. The molecule has 0 amide bonds. The van der Waals surface area contributed by atoms with E-state index in [-0.39, 0.29) is 0 Å². The zero-order chi connectivity index (χ0) is 29.2. The standard InChI is InChI=1S/C42H23NS2/c1-2-10-26-25(9-1)30-20-34-27-11-3-6-14-37(27)43(24-17-18-41-35(19-24)28-12-4-7-15-39(28)44-41)38(34)22-32(30)33-23-42-36(21-31(26)33)29-13-5-8-16-40(29)45-42/h1-23H. The smallest absolute Gasteiger partial charge is 0.0547 e. The molecule has 0 aliphatic rings. The van der Waals surface area contributed by atoms with Gasteiger partial charge in [-0.3, -0.25) is 0 Å². The van der Waals surface area contributed by atoms with Crippen LogP contribution in [0.4, 0.5) is 0 Å². The van der Waals surface area contributed by atoms with Crippen LogP contribution in [0.25, 0.3) is 100 Å². The lowest BCUT2D eigenvalue weighted by Crippen LogP contribution is -1.93. The molecular formula is C42H23NS2. The third-order valence-corrected chi connectivity index (χ3v) is 12.0. The largest absolute Gasteiger partial charge is 0.309 e. The highest BCUT2D eigenvalue weighted by molar-refractivity contribution is 7.26. The molecule has 0 aliphatic heterocycles. The van der Waals surface area contributed by atoms with Crippen molar-refractivity contribution in [3.05, 3.63) is 140 Å². The minimum absolute atomic E-state index is 1.20. The van der Waals surface area contributed by atoms with Crippen LogP contribution in [-0.2, 0) is 0 Å². The Kier molecular flexibility index (Phi) is 4.67. The molecule has 3 heteroatoms. The molecule has 0 N–H and O–H groups in total. The van der Waals surface area contributed by atoms with E-state index in [0.29, 0.717) is 0 Å². The predicted octanol–water partition coefficient (Wildman–Crippen LogP) is 13.0. The lowest BCUT2D eigenvalue weighted by Gasteiger charge is -2.13. The quantitative estimate of drug-likeness (QED) is 0.164. The summed E-state index contributed by atoms with van der Waals surface area (Å²) in [4.78, 5) is 0. The number of aromatic nitrogens is 1. The molecule has 0 radical (unpaired) electrons. The summed E-state index contributed by atoms with van der Waals surface area (Å²) in [6.45, 7) is 0. The molecule has 1 nitrogen and oxygen atoms in total. The van der Waals surface area contributed by atoms with E-state index in [4.69, 9.17) is 0 Å². The lowest BCUT2D eigenvalue weighted by atomic mass is 9.92. The highest BCUT2D eigenvalue weighted by Crippen LogP contribution is 2.45. The average molecular weight is 606 g/mol. The SMILES string of the molecule is c1ccc2c(c1)sc1ccc(-n3c4ccccc4c4cc5c6ccccc6c6cc7c(cc6c5cc43)sc3ccccc37)cc12. The number of thiophene rings is 2. The molecule has 0 saturated heterocycles. The van der Waals surface area contributed by atoms with Crippen LogP contribution in [0.1, 0.15) is 0 Å². The summed E-state index contributed by atoms with van der Waals surface area (Å²) < 4.78 is 7.83. The van der Waals surface area contributed by atoms with Gasteiger partial charge in [0, 0.05) is 56.8 Å². The van der Waals surface area contributed by atoms with Crippen molar-refractivity contribution in [2.24, 2.45) is 0 Å². The zero-order valence-electron chi connectivity index (χ0n) is 24.0. The summed E-state index contributed by atoms with van der Waals surface area (Å²) in [7, 11) is 0. The molecule has 11 rings (SSSR count). The fourth-order valence-corrected chi connectivity index (χ4v) is 9.98. The van der Waals surface area contributed by atoms with Crippen LogP contribution < -0.4 is 0 Å². The van der Waals surface area contributed by atoms with Gasteiger partial charge in [0.25, 0.3) is 0 Å². The van der Waals surface area contributed by atoms with Crippen molar-refractivity contribution in [3.63, 3.8) is 0 Å². The van der Waals surface area contributed by atoms with E-state index < -0.39 is 0 Å². The normalized spacial score (nSPS) is 12.4. The van der Waals surface area contributed by atoms with Gasteiger partial charge in [-0.05, 0) is 93.0 Å². The summed E-state index contributed by atoms with van der Waals surface area (Å²) in [5.74, 6) is 0. The van der Waals surface area contributed by atoms with Gasteiger partial charge in [-0.2, -0.15) is 0 Å². The Balaban J connectivity index is 1.32. The topological polar surface area (TPSA) is 4.93 Å². The number of nitrogens with zero attached hydrogens (tertiary/aromatic N) is 1. The second-order valence-electron chi connectivity index (χ2n) is 12.1. The molecule has 45 heavy (non-hydrogen) atoms. The zero-order valence-corrected chi connectivity index (χ0v) is 25.7. The maximum Gasteiger partial charge on any atom is 0.0547 e. The van der Waals surface area contributed by atoms with Crippen LogP contribution in [0.15, 0.2) is 140 Å².